The Hall–Kier alpha value is -7.25. The minimum absolute atomic E-state index is 0.628. The van der Waals surface area contributed by atoms with Crippen molar-refractivity contribution < 1.29 is 4.42 Å². The quantitative estimate of drug-likeness (QED) is 0.174. The van der Waals surface area contributed by atoms with Gasteiger partial charge in [0, 0.05) is 57.2 Å². The molecule has 12 aromatic rings. The molecule has 286 valence electrons. The predicted molar refractivity (Wildman–Crippen MR) is 256 cm³/mol. The summed E-state index contributed by atoms with van der Waals surface area (Å²) in [4.78, 5) is 17.2. The van der Waals surface area contributed by atoms with Gasteiger partial charge in [0.25, 0.3) is 0 Å². The van der Waals surface area contributed by atoms with Crippen LogP contribution in [0, 0.1) is 0 Å². The number of thiophene rings is 2. The molecule has 1 aliphatic rings. The van der Waals surface area contributed by atoms with E-state index in [1.54, 1.807) is 11.3 Å². The van der Waals surface area contributed by atoms with Gasteiger partial charge in [-0.2, -0.15) is 0 Å². The molecule has 0 saturated heterocycles. The molecule has 4 aromatic heterocycles. The van der Waals surface area contributed by atoms with Gasteiger partial charge >= 0.3 is 0 Å². The van der Waals surface area contributed by atoms with Gasteiger partial charge in [-0.1, -0.05) is 127 Å². The molecule has 0 bridgehead atoms. The van der Waals surface area contributed by atoms with Crippen LogP contribution in [0.2, 0.25) is 0 Å². The van der Waals surface area contributed by atoms with Crippen LogP contribution in [0.1, 0.15) is 22.4 Å². The first-order valence-electron chi connectivity index (χ1n) is 20.6. The molecule has 0 amide bonds. The summed E-state index contributed by atoms with van der Waals surface area (Å²) in [5, 5.41) is 8.29. The Morgan fingerprint density at radius 1 is 0.443 bits per heavy atom. The van der Waals surface area contributed by atoms with Gasteiger partial charge in [0.1, 0.15) is 11.2 Å². The second kappa shape index (κ2) is 13.6. The molecule has 61 heavy (non-hydrogen) atoms. The molecule has 13 rings (SSSR count). The molecule has 0 saturated carbocycles. The topological polar surface area (TPSA) is 51.8 Å². The highest BCUT2D eigenvalue weighted by atomic mass is 32.1. The molecule has 8 aromatic carbocycles. The summed E-state index contributed by atoms with van der Waals surface area (Å²) < 4.78 is 10.5. The second-order valence-electron chi connectivity index (χ2n) is 15.8. The van der Waals surface area contributed by atoms with Gasteiger partial charge in [-0.25, -0.2) is 15.0 Å². The molecule has 0 atom stereocenters. The van der Waals surface area contributed by atoms with E-state index < -0.39 is 0 Å². The number of hydrogen-bond acceptors (Lipinski definition) is 6. The molecular weight excluding hydrogens is 783 g/mol. The number of para-hydroxylation sites is 1. The van der Waals surface area contributed by atoms with E-state index in [1.165, 1.54) is 46.3 Å². The highest BCUT2D eigenvalue weighted by Gasteiger charge is 2.24. The van der Waals surface area contributed by atoms with E-state index in [9.17, 15) is 0 Å². The summed E-state index contributed by atoms with van der Waals surface area (Å²) in [6.45, 7) is 0. The molecule has 0 radical (unpaired) electrons. The molecule has 0 N–H and O–H groups in total. The van der Waals surface area contributed by atoms with E-state index >= 15 is 0 Å². The smallest absolute Gasteiger partial charge is 0.165 e. The first kappa shape index (κ1) is 34.6. The maximum absolute atomic E-state index is 6.75. The number of nitrogens with zero attached hydrogens (tertiary/aromatic N) is 3. The summed E-state index contributed by atoms with van der Waals surface area (Å²) in [6.07, 6.45) is 4.47. The monoisotopic (exact) mass is 815 g/mol. The van der Waals surface area contributed by atoms with Crippen LogP contribution in [-0.2, 0) is 6.42 Å². The minimum Gasteiger partial charge on any atom is -0.456 e. The van der Waals surface area contributed by atoms with Crippen molar-refractivity contribution in [2.24, 2.45) is 0 Å². The average Bonchev–Trinajstić information content (AvgIpc) is 4.02. The van der Waals surface area contributed by atoms with Crippen LogP contribution in [0.3, 0.4) is 0 Å². The van der Waals surface area contributed by atoms with Crippen LogP contribution in [0.25, 0.3) is 114 Å². The number of aryl methyl sites for hydroxylation is 1. The fourth-order valence-corrected chi connectivity index (χ4v) is 11.9. The number of aromatic nitrogens is 3. The summed E-state index contributed by atoms with van der Waals surface area (Å²) in [7, 11) is 0. The number of furan rings is 1. The van der Waals surface area contributed by atoms with Gasteiger partial charge in [0.15, 0.2) is 17.5 Å². The lowest BCUT2D eigenvalue weighted by atomic mass is 9.87. The average molecular weight is 816 g/mol. The third-order valence-electron chi connectivity index (χ3n) is 12.2. The predicted octanol–water partition coefficient (Wildman–Crippen LogP) is 15.6. The molecular formula is C55H33N3OS2. The normalized spacial score (nSPS) is 12.9. The first-order valence-corrected chi connectivity index (χ1v) is 22.3. The lowest BCUT2D eigenvalue weighted by Crippen LogP contribution is -2.01. The van der Waals surface area contributed by atoms with Crippen molar-refractivity contribution >= 4 is 91.2 Å². The van der Waals surface area contributed by atoms with Crippen molar-refractivity contribution in [1.29, 1.82) is 0 Å². The van der Waals surface area contributed by atoms with Gasteiger partial charge in [-0.05, 0) is 105 Å². The SMILES string of the molecule is C1=C(c2cc(-c3cc(-c4nc(-c5ccccc5)nc(-c5cccc6c5sc5ccccc56)n4)cc4ccccc34)c3c(c2)oc2ccccc23)c2sc3ccccc3c2CC1. The third-order valence-corrected chi connectivity index (χ3v) is 14.7. The zero-order valence-corrected chi connectivity index (χ0v) is 34.4. The fourth-order valence-electron chi connectivity index (χ4n) is 9.42. The van der Waals surface area contributed by atoms with Gasteiger partial charge in [0.05, 0.1) is 0 Å². The minimum atomic E-state index is 0.628. The van der Waals surface area contributed by atoms with E-state index in [2.05, 4.69) is 158 Å². The summed E-state index contributed by atoms with van der Waals surface area (Å²) in [6, 6.07) is 60.4. The van der Waals surface area contributed by atoms with E-state index in [0.29, 0.717) is 17.5 Å². The first-order chi connectivity index (χ1) is 30.2. The molecule has 4 nitrogen and oxygen atoms in total. The Balaban J connectivity index is 1.07. The number of rotatable bonds is 5. The van der Waals surface area contributed by atoms with Crippen LogP contribution in [0.4, 0.5) is 0 Å². The Labute approximate surface area is 358 Å². The van der Waals surface area contributed by atoms with Crippen LogP contribution < -0.4 is 0 Å². The maximum atomic E-state index is 6.75. The summed E-state index contributed by atoms with van der Waals surface area (Å²) in [5.74, 6) is 1.93. The van der Waals surface area contributed by atoms with Crippen molar-refractivity contribution in [1.82, 2.24) is 15.0 Å². The number of allylic oxidation sites excluding steroid dienone is 1. The maximum Gasteiger partial charge on any atom is 0.165 e. The number of benzene rings is 8. The molecule has 6 heteroatoms. The van der Waals surface area contributed by atoms with Gasteiger partial charge in [-0.15, -0.1) is 22.7 Å². The second-order valence-corrected chi connectivity index (χ2v) is 17.9. The summed E-state index contributed by atoms with van der Waals surface area (Å²) >= 11 is 3.68. The molecule has 4 heterocycles. The molecule has 0 aliphatic heterocycles. The van der Waals surface area contributed by atoms with E-state index in [0.717, 1.165) is 78.9 Å². The van der Waals surface area contributed by atoms with Crippen LogP contribution in [0.5, 0.6) is 0 Å². The lowest BCUT2D eigenvalue weighted by Gasteiger charge is -2.17. The Bertz CT molecular complexity index is 3780. The Morgan fingerprint density at radius 3 is 1.98 bits per heavy atom. The lowest BCUT2D eigenvalue weighted by molar-refractivity contribution is 0.669. The number of fused-ring (bicyclic) bond motifs is 10. The Kier molecular flexibility index (Phi) is 7.74. The van der Waals surface area contributed by atoms with Crippen LogP contribution in [0.15, 0.2) is 180 Å². The molecule has 0 spiro atoms. The zero-order chi connectivity index (χ0) is 40.0. The van der Waals surface area contributed by atoms with Crippen molar-refractivity contribution in [2.75, 3.05) is 0 Å². The van der Waals surface area contributed by atoms with Crippen molar-refractivity contribution in [3.05, 3.63) is 192 Å². The largest absolute Gasteiger partial charge is 0.456 e. The van der Waals surface area contributed by atoms with Gasteiger partial charge in [0.2, 0.25) is 0 Å². The highest BCUT2D eigenvalue weighted by molar-refractivity contribution is 7.26. The Morgan fingerprint density at radius 2 is 1.11 bits per heavy atom. The summed E-state index contributed by atoms with van der Waals surface area (Å²) in [5.41, 5.74) is 10.7. The fraction of sp³-hybridized carbons (Fsp3) is 0.0364. The van der Waals surface area contributed by atoms with Gasteiger partial charge in [-0.3, -0.25) is 0 Å². The molecule has 1 aliphatic carbocycles. The van der Waals surface area contributed by atoms with Gasteiger partial charge < -0.3 is 4.42 Å². The third kappa shape index (κ3) is 5.53. The molecule has 0 fully saturated rings. The van der Waals surface area contributed by atoms with Crippen molar-refractivity contribution in [2.45, 2.75) is 12.8 Å². The van der Waals surface area contributed by atoms with Crippen molar-refractivity contribution in [3.8, 4) is 45.3 Å². The van der Waals surface area contributed by atoms with E-state index in [4.69, 9.17) is 19.4 Å². The molecule has 0 unspecified atom stereocenters. The standard InChI is InChI=1S/C55H33N3OS2/c1-2-14-32(15-3-1)53-56-54(58-55(57-53)43-24-13-23-41-39-19-8-11-27-49(39)61-52(41)43)35-28-33-16-4-5-17-36(33)44(30-35)45-29-34(31-47-50(45)42-20-6-9-25-46(42)59-47)37-21-12-22-40-38-18-7-10-26-48(38)60-51(37)40/h1-11,13-21,23-31H,12,22H2. The van der Waals surface area contributed by atoms with Crippen molar-refractivity contribution in [3.63, 3.8) is 0 Å². The number of hydrogen-bond donors (Lipinski definition) is 0. The zero-order valence-electron chi connectivity index (χ0n) is 32.7. The van der Waals surface area contributed by atoms with Crippen LogP contribution in [-0.4, -0.2) is 15.0 Å². The van der Waals surface area contributed by atoms with E-state index in [1.807, 2.05) is 29.5 Å². The highest BCUT2D eigenvalue weighted by Crippen LogP contribution is 2.47. The van der Waals surface area contributed by atoms with Crippen LogP contribution >= 0.6 is 22.7 Å². The van der Waals surface area contributed by atoms with E-state index in [-0.39, 0.29) is 0 Å².